The van der Waals surface area contributed by atoms with Crippen molar-refractivity contribution in [3.63, 3.8) is 0 Å². The van der Waals surface area contributed by atoms with Crippen LogP contribution in [0.15, 0.2) is 36.4 Å². The minimum Gasteiger partial charge on any atom is -0.493 e. The molecule has 1 fully saturated rings. The Morgan fingerprint density at radius 1 is 0.971 bits per heavy atom. The molecule has 182 valence electrons. The van der Waals surface area contributed by atoms with Gasteiger partial charge in [0.2, 0.25) is 11.9 Å². The van der Waals surface area contributed by atoms with E-state index in [0.29, 0.717) is 66.8 Å². The number of nitrogen functional groups attached to an aromatic ring is 2. The Labute approximate surface area is 205 Å². The van der Waals surface area contributed by atoms with E-state index in [1.807, 2.05) is 29.2 Å². The van der Waals surface area contributed by atoms with Crippen molar-refractivity contribution in [3.05, 3.63) is 42.0 Å². The number of nitrogens with two attached hydrogens (primary N) is 2. The third-order valence-electron chi connectivity index (χ3n) is 5.97. The van der Waals surface area contributed by atoms with Crippen LogP contribution in [0.5, 0.6) is 11.5 Å². The van der Waals surface area contributed by atoms with Crippen LogP contribution < -0.4 is 25.8 Å². The van der Waals surface area contributed by atoms with E-state index in [2.05, 4.69) is 14.9 Å². The van der Waals surface area contributed by atoms with Gasteiger partial charge in [0, 0.05) is 49.7 Å². The van der Waals surface area contributed by atoms with Crippen molar-refractivity contribution in [2.24, 2.45) is 0 Å². The zero-order chi connectivity index (χ0) is 23.4. The predicted octanol–water partition coefficient (Wildman–Crippen LogP) is 2.90. The van der Waals surface area contributed by atoms with Crippen molar-refractivity contribution in [1.82, 2.24) is 14.9 Å². The summed E-state index contributed by atoms with van der Waals surface area (Å²) >= 11 is 0. The number of piperazine rings is 1. The number of carbonyl (C=O) groups excluding carboxylic acids is 1. The summed E-state index contributed by atoms with van der Waals surface area (Å²) in [4.78, 5) is 25.8. The first kappa shape index (κ1) is 25.2. The van der Waals surface area contributed by atoms with Crippen LogP contribution in [-0.4, -0.2) is 61.2 Å². The first-order valence-corrected chi connectivity index (χ1v) is 11.0. The van der Waals surface area contributed by atoms with Crippen molar-refractivity contribution in [1.29, 1.82) is 0 Å². The number of methoxy groups -OCH3 is 2. The summed E-state index contributed by atoms with van der Waals surface area (Å²) in [6.07, 6.45) is 2.22. The SMILES string of the molecule is COc1cc2nc(N3CCN(C(=O)CCCc4ccc(N)cc4)CC3)nc(N)c2cc1OC.Cl. The largest absolute Gasteiger partial charge is 0.493 e. The van der Waals surface area contributed by atoms with E-state index in [4.69, 9.17) is 20.9 Å². The highest BCUT2D eigenvalue weighted by atomic mass is 35.5. The summed E-state index contributed by atoms with van der Waals surface area (Å²) in [5, 5.41) is 0.714. The van der Waals surface area contributed by atoms with Crippen LogP contribution in [0.2, 0.25) is 0 Å². The minimum absolute atomic E-state index is 0. The number of aryl methyl sites for hydroxylation is 1. The van der Waals surface area contributed by atoms with E-state index in [-0.39, 0.29) is 18.3 Å². The van der Waals surface area contributed by atoms with Crippen molar-refractivity contribution in [2.45, 2.75) is 19.3 Å². The summed E-state index contributed by atoms with van der Waals surface area (Å²) in [6, 6.07) is 11.4. The van der Waals surface area contributed by atoms with Crippen LogP contribution >= 0.6 is 12.4 Å². The van der Waals surface area contributed by atoms with E-state index in [0.717, 1.165) is 18.5 Å². The van der Waals surface area contributed by atoms with Crippen LogP contribution in [0.1, 0.15) is 18.4 Å². The number of hydrogen-bond donors (Lipinski definition) is 2. The van der Waals surface area contributed by atoms with Gasteiger partial charge in [-0.2, -0.15) is 4.98 Å². The Kier molecular flexibility index (Phi) is 8.22. The highest BCUT2D eigenvalue weighted by Crippen LogP contribution is 2.34. The molecule has 9 nitrogen and oxygen atoms in total. The highest BCUT2D eigenvalue weighted by Gasteiger charge is 2.23. The molecule has 0 bridgehead atoms. The number of rotatable bonds is 7. The molecule has 2 aromatic carbocycles. The first-order valence-electron chi connectivity index (χ1n) is 11.0. The van der Waals surface area contributed by atoms with E-state index in [9.17, 15) is 4.79 Å². The van der Waals surface area contributed by atoms with Gasteiger partial charge >= 0.3 is 0 Å². The Bertz CT molecular complexity index is 1130. The van der Waals surface area contributed by atoms with Gasteiger partial charge in [-0.1, -0.05) is 12.1 Å². The van der Waals surface area contributed by atoms with E-state index >= 15 is 0 Å². The second-order valence-electron chi connectivity index (χ2n) is 8.10. The average Bonchev–Trinajstić information content (AvgIpc) is 2.84. The van der Waals surface area contributed by atoms with Crippen molar-refractivity contribution >= 4 is 46.7 Å². The van der Waals surface area contributed by atoms with Gasteiger partial charge in [0.1, 0.15) is 5.82 Å². The highest BCUT2D eigenvalue weighted by molar-refractivity contribution is 5.91. The lowest BCUT2D eigenvalue weighted by molar-refractivity contribution is -0.131. The number of halogens is 1. The summed E-state index contributed by atoms with van der Waals surface area (Å²) < 4.78 is 10.7. The zero-order valence-corrected chi connectivity index (χ0v) is 20.3. The molecule has 2 heterocycles. The van der Waals surface area contributed by atoms with E-state index < -0.39 is 0 Å². The smallest absolute Gasteiger partial charge is 0.228 e. The van der Waals surface area contributed by atoms with Crippen molar-refractivity contribution in [2.75, 3.05) is 56.8 Å². The number of nitrogens with zero attached hydrogens (tertiary/aromatic N) is 4. The molecule has 0 spiro atoms. The van der Waals surface area contributed by atoms with E-state index in [1.54, 1.807) is 26.4 Å². The molecule has 1 aliphatic rings. The summed E-state index contributed by atoms with van der Waals surface area (Å²) in [6.45, 7) is 2.58. The summed E-state index contributed by atoms with van der Waals surface area (Å²) in [5.41, 5.74) is 14.6. The van der Waals surface area contributed by atoms with Gasteiger partial charge in [-0.05, 0) is 36.6 Å². The molecule has 34 heavy (non-hydrogen) atoms. The van der Waals surface area contributed by atoms with Gasteiger partial charge in [-0.25, -0.2) is 4.98 Å². The molecular formula is C24H31ClN6O3. The fraction of sp³-hybridized carbons (Fsp3) is 0.375. The normalized spacial score (nSPS) is 13.5. The molecule has 1 amide bonds. The Balaban J connectivity index is 0.00000324. The topological polar surface area (TPSA) is 120 Å². The number of hydrogen-bond acceptors (Lipinski definition) is 8. The Morgan fingerprint density at radius 2 is 1.62 bits per heavy atom. The number of amides is 1. The number of ether oxygens (including phenoxy) is 2. The number of aromatic nitrogens is 2. The molecule has 0 atom stereocenters. The fourth-order valence-electron chi connectivity index (χ4n) is 4.05. The minimum atomic E-state index is 0. The fourth-order valence-corrected chi connectivity index (χ4v) is 4.05. The molecular weight excluding hydrogens is 456 g/mol. The molecule has 0 radical (unpaired) electrons. The molecule has 1 aromatic heterocycles. The van der Waals surface area contributed by atoms with Crippen LogP contribution in [-0.2, 0) is 11.2 Å². The molecule has 10 heteroatoms. The van der Waals surface area contributed by atoms with E-state index in [1.165, 1.54) is 5.56 Å². The maximum atomic E-state index is 12.7. The van der Waals surface area contributed by atoms with Crippen LogP contribution in [0.25, 0.3) is 10.9 Å². The number of anilines is 3. The molecule has 4 rings (SSSR count). The summed E-state index contributed by atoms with van der Waals surface area (Å²) in [5.74, 6) is 2.29. The average molecular weight is 487 g/mol. The molecule has 1 saturated heterocycles. The van der Waals surface area contributed by atoms with Gasteiger partial charge < -0.3 is 30.7 Å². The third-order valence-corrected chi connectivity index (χ3v) is 5.97. The maximum absolute atomic E-state index is 12.7. The lowest BCUT2D eigenvalue weighted by Crippen LogP contribution is -2.49. The second-order valence-corrected chi connectivity index (χ2v) is 8.10. The third kappa shape index (κ3) is 5.53. The standard InChI is InChI=1S/C24H30N6O3.ClH/c1-32-20-14-18-19(15-21(20)33-2)27-24(28-23(18)26)30-12-10-29(11-13-30)22(31)5-3-4-16-6-8-17(25)9-7-16;/h6-9,14-15H,3-5,10-13,25H2,1-2H3,(H2,26,27,28);1H. The van der Waals surface area contributed by atoms with Gasteiger partial charge in [-0.15, -0.1) is 12.4 Å². The first-order chi connectivity index (χ1) is 16.0. The Morgan fingerprint density at radius 3 is 2.26 bits per heavy atom. The number of benzene rings is 2. The monoisotopic (exact) mass is 486 g/mol. The Hall–Kier alpha value is -3.46. The molecule has 0 saturated carbocycles. The second kappa shape index (κ2) is 11.1. The maximum Gasteiger partial charge on any atom is 0.228 e. The van der Waals surface area contributed by atoms with Gasteiger partial charge in [-0.3, -0.25) is 4.79 Å². The van der Waals surface area contributed by atoms with Crippen LogP contribution in [0.3, 0.4) is 0 Å². The summed E-state index contributed by atoms with van der Waals surface area (Å²) in [7, 11) is 3.16. The van der Waals surface area contributed by atoms with Gasteiger partial charge in [0.25, 0.3) is 0 Å². The lowest BCUT2D eigenvalue weighted by Gasteiger charge is -2.35. The molecule has 1 aliphatic heterocycles. The van der Waals surface area contributed by atoms with Crippen molar-refractivity contribution < 1.29 is 14.3 Å². The molecule has 0 unspecified atom stereocenters. The quantitative estimate of drug-likeness (QED) is 0.489. The predicted molar refractivity (Wildman–Crippen MR) is 137 cm³/mol. The molecule has 4 N–H and O–H groups in total. The van der Waals surface area contributed by atoms with Crippen LogP contribution in [0, 0.1) is 0 Å². The lowest BCUT2D eigenvalue weighted by atomic mass is 10.1. The van der Waals surface area contributed by atoms with Crippen LogP contribution in [0.4, 0.5) is 17.5 Å². The van der Waals surface area contributed by atoms with Crippen molar-refractivity contribution in [3.8, 4) is 11.5 Å². The molecule has 3 aromatic rings. The number of fused-ring (bicyclic) bond motifs is 1. The number of carbonyl (C=O) groups is 1. The molecule has 0 aliphatic carbocycles. The zero-order valence-electron chi connectivity index (χ0n) is 19.5. The van der Waals surface area contributed by atoms with Gasteiger partial charge in [0.05, 0.1) is 19.7 Å². The van der Waals surface area contributed by atoms with Gasteiger partial charge in [0.15, 0.2) is 11.5 Å².